The molecule has 0 fully saturated rings. The van der Waals surface area contributed by atoms with Crippen LogP contribution in [0.3, 0.4) is 0 Å². The predicted octanol–water partition coefficient (Wildman–Crippen LogP) is 1.91. The summed E-state index contributed by atoms with van der Waals surface area (Å²) in [6.07, 6.45) is -4.92. The van der Waals surface area contributed by atoms with Gasteiger partial charge in [0.25, 0.3) is 0 Å². The molecule has 0 rings (SSSR count). The topological polar surface area (TPSA) is 37.3 Å². The van der Waals surface area contributed by atoms with E-state index in [0.717, 1.165) is 0 Å². The highest BCUT2D eigenvalue weighted by molar-refractivity contribution is 5.58. The van der Waals surface area contributed by atoms with Crippen molar-refractivity contribution in [2.24, 2.45) is 5.41 Å². The average molecular weight is 198 g/mol. The molecule has 0 aliphatic heterocycles. The Morgan fingerprint density at radius 2 is 1.62 bits per heavy atom. The first kappa shape index (κ1) is 12.4. The first-order valence-electron chi connectivity index (χ1n) is 3.77. The van der Waals surface area contributed by atoms with Crippen LogP contribution in [0.1, 0.15) is 27.2 Å². The van der Waals surface area contributed by atoms with Crippen molar-refractivity contribution >= 4 is 6.29 Å². The molecule has 0 heterocycles. The van der Waals surface area contributed by atoms with Crippen molar-refractivity contribution < 1.29 is 23.1 Å². The zero-order valence-electron chi connectivity index (χ0n) is 7.77. The van der Waals surface area contributed by atoms with Crippen molar-refractivity contribution in [1.29, 1.82) is 0 Å². The standard InChI is InChI=1S/C8H13F3O2/c1-6(2,5-12)4-7(3,13)8(9,10)11/h5,13H,4H2,1-3H3. The quantitative estimate of drug-likeness (QED) is 0.703. The lowest BCUT2D eigenvalue weighted by molar-refractivity contribution is -0.260. The second-order valence-electron chi connectivity index (χ2n) is 4.05. The molecule has 0 aromatic heterocycles. The molecule has 0 aliphatic rings. The molecule has 5 heteroatoms. The SMILES string of the molecule is CC(C)(C=O)CC(C)(O)C(F)(F)F. The third-order valence-corrected chi connectivity index (χ3v) is 1.73. The van der Waals surface area contributed by atoms with Crippen LogP contribution in [-0.4, -0.2) is 23.2 Å². The Balaban J connectivity index is 4.61. The lowest BCUT2D eigenvalue weighted by Crippen LogP contribution is -2.45. The summed E-state index contributed by atoms with van der Waals surface area (Å²) in [6, 6.07) is 0. The van der Waals surface area contributed by atoms with Gasteiger partial charge in [-0.2, -0.15) is 13.2 Å². The maximum Gasteiger partial charge on any atom is 0.416 e. The zero-order valence-corrected chi connectivity index (χ0v) is 7.77. The second-order valence-corrected chi connectivity index (χ2v) is 4.05. The lowest BCUT2D eigenvalue weighted by Gasteiger charge is -2.31. The third-order valence-electron chi connectivity index (χ3n) is 1.73. The van der Waals surface area contributed by atoms with Gasteiger partial charge in [-0.15, -0.1) is 0 Å². The van der Waals surface area contributed by atoms with Gasteiger partial charge in [-0.25, -0.2) is 0 Å². The smallest absolute Gasteiger partial charge is 0.381 e. The molecule has 0 radical (unpaired) electrons. The molecule has 13 heavy (non-hydrogen) atoms. The van der Waals surface area contributed by atoms with Crippen LogP contribution in [0.4, 0.5) is 13.2 Å². The number of aldehydes is 1. The molecule has 0 spiro atoms. The molecular formula is C8H13F3O2. The van der Waals surface area contributed by atoms with Gasteiger partial charge in [-0.1, -0.05) is 13.8 Å². The van der Waals surface area contributed by atoms with Gasteiger partial charge in [0.1, 0.15) is 6.29 Å². The van der Waals surface area contributed by atoms with Crippen LogP contribution in [0.2, 0.25) is 0 Å². The molecule has 78 valence electrons. The van der Waals surface area contributed by atoms with Crippen molar-refractivity contribution in [2.75, 3.05) is 0 Å². The molecule has 0 bridgehead atoms. The van der Waals surface area contributed by atoms with Crippen LogP contribution in [0, 0.1) is 5.41 Å². The number of aliphatic hydroxyl groups is 1. The van der Waals surface area contributed by atoms with E-state index in [0.29, 0.717) is 13.2 Å². The largest absolute Gasteiger partial charge is 0.416 e. The van der Waals surface area contributed by atoms with Crippen molar-refractivity contribution in [3.63, 3.8) is 0 Å². The fourth-order valence-electron chi connectivity index (χ4n) is 1.03. The Kier molecular flexibility index (Phi) is 3.14. The minimum atomic E-state index is -4.70. The number of rotatable bonds is 3. The van der Waals surface area contributed by atoms with E-state index >= 15 is 0 Å². The maximum atomic E-state index is 12.1. The first-order valence-corrected chi connectivity index (χ1v) is 3.77. The van der Waals surface area contributed by atoms with E-state index in [2.05, 4.69) is 0 Å². The molecule has 1 unspecified atom stereocenters. The van der Waals surface area contributed by atoms with Gasteiger partial charge in [0, 0.05) is 5.41 Å². The van der Waals surface area contributed by atoms with Crippen LogP contribution in [0.15, 0.2) is 0 Å². The van der Waals surface area contributed by atoms with Crippen LogP contribution in [0.25, 0.3) is 0 Å². The maximum absolute atomic E-state index is 12.1. The van der Waals surface area contributed by atoms with Crippen molar-refractivity contribution in [3.05, 3.63) is 0 Å². The summed E-state index contributed by atoms with van der Waals surface area (Å²) in [6.45, 7) is 3.36. The summed E-state index contributed by atoms with van der Waals surface area (Å²) in [5.41, 5.74) is -3.98. The Bertz CT molecular complexity index is 194. The fraction of sp³-hybridized carbons (Fsp3) is 0.875. The minimum absolute atomic E-state index is 0.410. The van der Waals surface area contributed by atoms with Gasteiger partial charge in [-0.3, -0.25) is 0 Å². The van der Waals surface area contributed by atoms with Crippen molar-refractivity contribution in [2.45, 2.75) is 39.0 Å². The highest BCUT2D eigenvalue weighted by atomic mass is 19.4. The monoisotopic (exact) mass is 198 g/mol. The summed E-state index contributed by atoms with van der Waals surface area (Å²) in [5, 5.41) is 9.03. The Hall–Kier alpha value is -0.580. The minimum Gasteiger partial charge on any atom is -0.381 e. The Labute approximate surface area is 74.7 Å². The normalized spacial score (nSPS) is 18.1. The van der Waals surface area contributed by atoms with Gasteiger partial charge in [-0.05, 0) is 13.3 Å². The molecule has 0 saturated heterocycles. The number of hydrogen-bond acceptors (Lipinski definition) is 2. The van der Waals surface area contributed by atoms with Crippen molar-refractivity contribution in [1.82, 2.24) is 0 Å². The number of halogens is 3. The van der Waals surface area contributed by atoms with Gasteiger partial charge in [0.05, 0.1) is 0 Å². The molecule has 0 aromatic rings. The fourth-order valence-corrected chi connectivity index (χ4v) is 1.03. The molecule has 0 aliphatic carbocycles. The molecular weight excluding hydrogens is 185 g/mol. The summed E-state index contributed by atoms with van der Waals surface area (Å²) in [4.78, 5) is 10.4. The highest BCUT2D eigenvalue weighted by Crippen LogP contribution is 2.38. The predicted molar refractivity (Wildman–Crippen MR) is 41.1 cm³/mol. The summed E-state index contributed by atoms with van der Waals surface area (Å²) in [5.74, 6) is 0. The van der Waals surface area contributed by atoms with Crippen LogP contribution in [0.5, 0.6) is 0 Å². The third kappa shape index (κ3) is 3.34. The van der Waals surface area contributed by atoms with Crippen molar-refractivity contribution in [3.8, 4) is 0 Å². The van der Waals surface area contributed by atoms with Crippen LogP contribution < -0.4 is 0 Å². The molecule has 1 N–H and O–H groups in total. The second kappa shape index (κ2) is 3.29. The number of hydrogen-bond donors (Lipinski definition) is 1. The summed E-state index contributed by atoms with van der Waals surface area (Å²) in [7, 11) is 0. The van der Waals surface area contributed by atoms with Crippen LogP contribution in [-0.2, 0) is 4.79 Å². The van der Waals surface area contributed by atoms with E-state index in [9.17, 15) is 18.0 Å². The summed E-state index contributed by atoms with van der Waals surface area (Å²) >= 11 is 0. The molecule has 0 amide bonds. The van der Waals surface area contributed by atoms with E-state index in [-0.39, 0.29) is 0 Å². The Morgan fingerprint density at radius 1 is 1.23 bits per heavy atom. The molecule has 2 nitrogen and oxygen atoms in total. The van der Waals surface area contributed by atoms with Gasteiger partial charge in [0.2, 0.25) is 0 Å². The van der Waals surface area contributed by atoms with Gasteiger partial charge >= 0.3 is 6.18 Å². The van der Waals surface area contributed by atoms with Gasteiger partial charge in [0.15, 0.2) is 5.60 Å². The highest BCUT2D eigenvalue weighted by Gasteiger charge is 2.52. The lowest BCUT2D eigenvalue weighted by atomic mass is 9.82. The van der Waals surface area contributed by atoms with E-state index in [1.54, 1.807) is 0 Å². The number of carbonyl (C=O) groups is 1. The zero-order chi connectivity index (χ0) is 10.9. The molecule has 1 atom stereocenters. The summed E-state index contributed by atoms with van der Waals surface area (Å²) < 4.78 is 36.4. The number of carbonyl (C=O) groups excluding carboxylic acids is 1. The van der Waals surface area contributed by atoms with Gasteiger partial charge < -0.3 is 9.90 Å². The average Bonchev–Trinajstić information content (AvgIpc) is 1.83. The van der Waals surface area contributed by atoms with E-state index in [1.807, 2.05) is 0 Å². The Morgan fingerprint density at radius 3 is 1.85 bits per heavy atom. The molecule has 0 aromatic carbocycles. The molecule has 0 saturated carbocycles. The van der Waals surface area contributed by atoms with E-state index < -0.39 is 23.6 Å². The first-order chi connectivity index (χ1) is 5.52. The van der Waals surface area contributed by atoms with E-state index in [1.165, 1.54) is 13.8 Å². The number of alkyl halides is 3. The van der Waals surface area contributed by atoms with E-state index in [4.69, 9.17) is 5.11 Å². The van der Waals surface area contributed by atoms with Crippen LogP contribution >= 0.6 is 0 Å².